The third-order valence-corrected chi connectivity index (χ3v) is 12.1. The van der Waals surface area contributed by atoms with Crippen LogP contribution in [-0.2, 0) is 36.8 Å². The van der Waals surface area contributed by atoms with Crippen LogP contribution in [0.4, 0.5) is 23.5 Å². The molecule has 0 bridgehead atoms. The van der Waals surface area contributed by atoms with Gasteiger partial charge >= 0.3 is 0 Å². The van der Waals surface area contributed by atoms with Crippen LogP contribution in [0.2, 0.25) is 20.1 Å². The zero-order chi connectivity index (χ0) is 41.9. The summed E-state index contributed by atoms with van der Waals surface area (Å²) in [7, 11) is 3.95. The molecule has 0 aliphatic carbocycles. The summed E-state index contributed by atoms with van der Waals surface area (Å²) >= 11 is 24.7. The monoisotopic (exact) mass is 891 g/mol. The molecule has 3 aliphatic rings. The summed E-state index contributed by atoms with van der Waals surface area (Å²) in [5.41, 5.74) is 5.54. The zero-order valence-corrected chi connectivity index (χ0v) is 36.2. The van der Waals surface area contributed by atoms with Crippen molar-refractivity contribution in [3.63, 3.8) is 0 Å². The second-order valence-electron chi connectivity index (χ2n) is 15.0. The van der Waals surface area contributed by atoms with E-state index in [9.17, 15) is 9.59 Å². The maximum atomic E-state index is 12.7. The second kappa shape index (κ2) is 18.3. The molecule has 0 spiro atoms. The highest BCUT2D eigenvalue weighted by atomic mass is 35.5. The summed E-state index contributed by atoms with van der Waals surface area (Å²) in [5, 5.41) is 15.4. The number of fused-ring (bicyclic) bond motifs is 2. The van der Waals surface area contributed by atoms with Crippen molar-refractivity contribution in [1.29, 1.82) is 0 Å². The number of nitrogens with one attached hydrogen (secondary N) is 4. The van der Waals surface area contributed by atoms with Gasteiger partial charge in [-0.1, -0.05) is 58.5 Å². The Morgan fingerprint density at radius 3 is 1.67 bits per heavy atom. The van der Waals surface area contributed by atoms with Crippen LogP contribution in [0.1, 0.15) is 24.0 Å². The van der Waals surface area contributed by atoms with Gasteiger partial charge in [0.05, 0.1) is 11.0 Å². The van der Waals surface area contributed by atoms with Crippen molar-refractivity contribution in [1.82, 2.24) is 44.6 Å². The van der Waals surface area contributed by atoms with Crippen LogP contribution in [0.5, 0.6) is 0 Å². The first-order valence-electron chi connectivity index (χ1n) is 19.8. The minimum Gasteiger partial charge on any atom is -0.364 e. The van der Waals surface area contributed by atoms with Gasteiger partial charge in [0.15, 0.2) is 11.6 Å². The van der Waals surface area contributed by atoms with Crippen LogP contribution in [0.15, 0.2) is 60.9 Å². The maximum absolute atomic E-state index is 12.7. The van der Waals surface area contributed by atoms with Crippen molar-refractivity contribution < 1.29 is 9.59 Å². The van der Waals surface area contributed by atoms with E-state index >= 15 is 0 Å². The van der Waals surface area contributed by atoms with Gasteiger partial charge in [-0.3, -0.25) is 9.59 Å². The molecule has 0 saturated carbocycles. The zero-order valence-electron chi connectivity index (χ0n) is 33.2. The Morgan fingerprint density at radius 2 is 1.20 bits per heavy atom. The largest absolute Gasteiger partial charge is 0.364 e. The summed E-state index contributed by atoms with van der Waals surface area (Å²) in [4.78, 5) is 49.5. The Balaban J connectivity index is 0.000000172. The van der Waals surface area contributed by atoms with E-state index in [1.165, 1.54) is 0 Å². The van der Waals surface area contributed by atoms with E-state index < -0.39 is 6.04 Å². The Labute approximate surface area is 367 Å². The molecule has 4 aromatic heterocycles. The van der Waals surface area contributed by atoms with Crippen LogP contribution in [-0.4, -0.2) is 104 Å². The maximum Gasteiger partial charge on any atom is 0.245 e. The van der Waals surface area contributed by atoms with E-state index in [4.69, 9.17) is 66.3 Å². The number of aryl methyl sites for hydroxylation is 2. The molecule has 6 aromatic rings. The number of hydrogen-bond donors (Lipinski definition) is 4. The van der Waals surface area contributed by atoms with Gasteiger partial charge in [0, 0.05) is 118 Å². The minimum absolute atomic E-state index is 0.00729. The van der Waals surface area contributed by atoms with E-state index in [1.807, 2.05) is 76.9 Å². The van der Waals surface area contributed by atoms with Crippen molar-refractivity contribution in [3.05, 3.63) is 92.1 Å². The molecular weight excluding hydrogens is 848 g/mol. The van der Waals surface area contributed by atoms with E-state index in [2.05, 4.69) is 31.1 Å². The van der Waals surface area contributed by atoms with E-state index in [0.29, 0.717) is 84.0 Å². The highest BCUT2D eigenvalue weighted by Gasteiger charge is 2.33. The minimum atomic E-state index is -0.397. The third-order valence-electron chi connectivity index (χ3n) is 10.9. The van der Waals surface area contributed by atoms with Gasteiger partial charge < -0.3 is 45.1 Å². The Bertz CT molecular complexity index is 2530. The van der Waals surface area contributed by atoms with E-state index in [1.54, 1.807) is 12.1 Å². The van der Waals surface area contributed by atoms with E-state index in [0.717, 1.165) is 71.1 Å². The number of rotatable bonds is 9. The SMILES string of the molecule is Cn1ccc2nc(N3CCN(C(=O)[C@H]4CCC(=O)N4)CC3)nc(NCc3ccc(Cl)cc3Cl)c21.Cn1ccc2nc(N3CCNCC3)nc(NCc3ccc(Cl)cc3Cl)c21. The number of piperazine rings is 2. The van der Waals surface area contributed by atoms with Crippen molar-refractivity contribution >= 4 is 104 Å². The van der Waals surface area contributed by atoms with Crippen LogP contribution >= 0.6 is 46.4 Å². The van der Waals surface area contributed by atoms with Gasteiger partial charge in [-0.25, -0.2) is 9.97 Å². The number of amides is 2. The Kier molecular flexibility index (Phi) is 12.7. The molecule has 4 N–H and O–H groups in total. The van der Waals surface area contributed by atoms with Crippen molar-refractivity contribution in [2.75, 3.05) is 72.8 Å². The molecule has 3 saturated heterocycles. The summed E-state index contributed by atoms with van der Waals surface area (Å²) in [6, 6.07) is 14.5. The number of carbonyl (C=O) groups excluding carboxylic acids is 2. The molecule has 0 unspecified atom stereocenters. The number of hydrogen-bond acceptors (Lipinski definition) is 11. The molecule has 1 atom stereocenters. The number of halogens is 4. The third kappa shape index (κ3) is 9.30. The number of carbonyl (C=O) groups is 2. The molecule has 3 aliphatic heterocycles. The first kappa shape index (κ1) is 41.7. The highest BCUT2D eigenvalue weighted by molar-refractivity contribution is 6.35. The second-order valence-corrected chi connectivity index (χ2v) is 16.6. The van der Waals surface area contributed by atoms with Gasteiger partial charge in [0.2, 0.25) is 23.7 Å². The summed E-state index contributed by atoms with van der Waals surface area (Å²) < 4.78 is 4.01. The quantitative estimate of drug-likeness (QED) is 0.133. The lowest BCUT2D eigenvalue weighted by atomic mass is 10.2. The molecule has 314 valence electrons. The normalized spacial score (nSPS) is 16.9. The predicted molar refractivity (Wildman–Crippen MR) is 240 cm³/mol. The molecule has 0 radical (unpaired) electrons. The number of benzene rings is 2. The lowest BCUT2D eigenvalue weighted by Gasteiger charge is -2.36. The van der Waals surface area contributed by atoms with Crippen LogP contribution in [0.3, 0.4) is 0 Å². The fourth-order valence-electron chi connectivity index (χ4n) is 7.59. The van der Waals surface area contributed by atoms with Crippen LogP contribution < -0.4 is 31.1 Å². The van der Waals surface area contributed by atoms with Crippen LogP contribution in [0.25, 0.3) is 22.1 Å². The lowest BCUT2D eigenvalue weighted by Crippen LogP contribution is -2.53. The van der Waals surface area contributed by atoms with E-state index in [-0.39, 0.29) is 11.8 Å². The predicted octanol–water partition coefficient (Wildman–Crippen LogP) is 6.11. The number of anilines is 4. The van der Waals surface area contributed by atoms with Gasteiger partial charge in [-0.15, -0.1) is 0 Å². The highest BCUT2D eigenvalue weighted by Crippen LogP contribution is 2.29. The van der Waals surface area contributed by atoms with Gasteiger partial charge in [-0.2, -0.15) is 9.97 Å². The Hall–Kier alpha value is -5.06. The van der Waals surface area contributed by atoms with Crippen molar-refractivity contribution in [2.45, 2.75) is 32.0 Å². The first-order valence-corrected chi connectivity index (χ1v) is 21.3. The van der Waals surface area contributed by atoms with Crippen LogP contribution in [0, 0.1) is 0 Å². The summed E-state index contributed by atoms with van der Waals surface area (Å²) in [6.45, 7) is 7.10. The molecule has 60 heavy (non-hydrogen) atoms. The fourth-order valence-corrected chi connectivity index (χ4v) is 8.54. The average Bonchev–Trinajstić information content (AvgIpc) is 3.98. The topological polar surface area (TPSA) is 153 Å². The fraction of sp³-hybridized carbons (Fsp3) is 0.366. The number of nitrogens with zero attached hydrogens (tertiary/aromatic N) is 9. The smallest absolute Gasteiger partial charge is 0.245 e. The molecular formula is C41H45Cl4N13O2. The van der Waals surface area contributed by atoms with Crippen molar-refractivity contribution in [3.8, 4) is 0 Å². The molecule has 2 amide bonds. The molecule has 7 heterocycles. The number of aromatic nitrogens is 6. The van der Waals surface area contributed by atoms with Gasteiger partial charge in [0.25, 0.3) is 0 Å². The van der Waals surface area contributed by atoms with Gasteiger partial charge in [-0.05, 0) is 53.9 Å². The van der Waals surface area contributed by atoms with Crippen molar-refractivity contribution in [2.24, 2.45) is 14.1 Å². The molecule has 19 heteroatoms. The molecule has 2 aromatic carbocycles. The van der Waals surface area contributed by atoms with Gasteiger partial charge in [0.1, 0.15) is 17.1 Å². The summed E-state index contributed by atoms with van der Waals surface area (Å²) in [5.74, 6) is 2.83. The summed E-state index contributed by atoms with van der Waals surface area (Å²) in [6.07, 6.45) is 4.94. The lowest BCUT2D eigenvalue weighted by molar-refractivity contribution is -0.134. The first-order chi connectivity index (χ1) is 29.0. The standard InChI is InChI=1S/C23H25Cl2N7O2.C18H20Cl2N6/c1-30-7-6-17-20(30)21(26-13-14-2-3-15(24)12-16(14)25)29-23(28-17)32-10-8-31(9-11-32)22(34)18-4-5-19(33)27-18;1-25-7-4-15-16(25)17(22-11-12-2-3-13(19)10-14(12)20)24-18(23-15)26-8-5-21-6-9-26/h2-3,6-7,12,18H,4-5,8-11,13H2,1H3,(H,27,33)(H,26,28,29);2-4,7,10,21H,5-6,8-9,11H2,1H3,(H,22,23,24)/t18-;/m1./s1. The average molecular weight is 894 g/mol. The molecule has 15 nitrogen and oxygen atoms in total. The molecule has 9 rings (SSSR count). The molecule has 3 fully saturated rings. The Morgan fingerprint density at radius 1 is 0.700 bits per heavy atom.